The standard InChI is InChI=1S/C16H14BrN3OS/c17-10-3-1-9(2-4-10)13-8-22-16(19-13)12-7-14(21)20(15(12)18)11-5-6-11/h1-4,8,11,18-19H,5-7H2/b16-12-,18-15?. The zero-order valence-corrected chi connectivity index (χ0v) is 14.1. The molecule has 2 fully saturated rings. The number of nitrogens with one attached hydrogen (secondary N) is 2. The molecule has 3 aliphatic rings. The van der Waals surface area contributed by atoms with Crippen LogP contribution in [0.25, 0.3) is 5.70 Å². The average Bonchev–Trinajstić information content (AvgIpc) is 3.13. The summed E-state index contributed by atoms with van der Waals surface area (Å²) < 4.78 is 1.05. The van der Waals surface area contributed by atoms with E-state index in [1.54, 1.807) is 16.7 Å². The Kier molecular flexibility index (Phi) is 3.38. The highest BCUT2D eigenvalue weighted by atomic mass is 79.9. The Morgan fingerprint density at radius 3 is 2.68 bits per heavy atom. The van der Waals surface area contributed by atoms with E-state index in [1.165, 1.54) is 0 Å². The summed E-state index contributed by atoms with van der Waals surface area (Å²) in [7, 11) is 0. The molecule has 0 atom stereocenters. The Hall–Kier alpha value is -1.53. The highest BCUT2D eigenvalue weighted by Crippen LogP contribution is 2.39. The molecule has 1 saturated heterocycles. The smallest absolute Gasteiger partial charge is 0.233 e. The molecule has 4 rings (SSSR count). The number of benzene rings is 1. The van der Waals surface area contributed by atoms with Gasteiger partial charge in [0.15, 0.2) is 0 Å². The van der Waals surface area contributed by atoms with Gasteiger partial charge in [-0.15, -0.1) is 0 Å². The fraction of sp³-hybridized carbons (Fsp3) is 0.250. The van der Waals surface area contributed by atoms with Crippen molar-refractivity contribution in [3.63, 3.8) is 0 Å². The molecule has 112 valence electrons. The summed E-state index contributed by atoms with van der Waals surface area (Å²) >= 11 is 5.00. The predicted molar refractivity (Wildman–Crippen MR) is 92.1 cm³/mol. The maximum atomic E-state index is 12.1. The van der Waals surface area contributed by atoms with Crippen molar-refractivity contribution in [1.82, 2.24) is 10.2 Å². The fourth-order valence-corrected chi connectivity index (χ4v) is 3.89. The highest BCUT2D eigenvalue weighted by Gasteiger charge is 2.42. The summed E-state index contributed by atoms with van der Waals surface area (Å²) in [4.78, 5) is 13.8. The largest absolute Gasteiger partial charge is 0.349 e. The number of likely N-dealkylation sites (tertiary alicyclic amines) is 1. The minimum atomic E-state index is 0.0643. The number of nitrogens with zero attached hydrogens (tertiary/aromatic N) is 1. The van der Waals surface area contributed by atoms with Crippen LogP contribution in [0.5, 0.6) is 0 Å². The SMILES string of the molecule is N=C1/C(=C2/NC(c3ccc(Br)cc3)=CS2)CC(=O)N1C1CC1. The van der Waals surface area contributed by atoms with E-state index in [-0.39, 0.29) is 11.9 Å². The van der Waals surface area contributed by atoms with Crippen molar-refractivity contribution in [2.24, 2.45) is 0 Å². The van der Waals surface area contributed by atoms with Gasteiger partial charge in [-0.1, -0.05) is 39.8 Å². The van der Waals surface area contributed by atoms with Gasteiger partial charge in [0.1, 0.15) is 5.84 Å². The number of halogens is 1. The molecule has 0 aromatic heterocycles. The molecule has 1 aromatic carbocycles. The molecule has 4 nitrogen and oxygen atoms in total. The van der Waals surface area contributed by atoms with Gasteiger partial charge in [0.05, 0.1) is 17.1 Å². The molecule has 2 heterocycles. The maximum Gasteiger partial charge on any atom is 0.233 e. The van der Waals surface area contributed by atoms with Crippen molar-refractivity contribution in [3.05, 3.63) is 50.3 Å². The van der Waals surface area contributed by atoms with Gasteiger partial charge in [0, 0.05) is 21.5 Å². The summed E-state index contributed by atoms with van der Waals surface area (Å²) in [6, 6.07) is 8.35. The molecule has 0 unspecified atom stereocenters. The van der Waals surface area contributed by atoms with Crippen molar-refractivity contribution in [3.8, 4) is 0 Å². The summed E-state index contributed by atoms with van der Waals surface area (Å²) in [5.74, 6) is 0.447. The first-order chi connectivity index (χ1) is 10.6. The number of carbonyl (C=O) groups excluding carboxylic acids is 1. The third-order valence-corrected chi connectivity index (χ3v) is 5.47. The van der Waals surface area contributed by atoms with Crippen LogP contribution in [0.1, 0.15) is 24.8 Å². The molecule has 0 spiro atoms. The van der Waals surface area contributed by atoms with Crippen LogP contribution in [0, 0.1) is 5.41 Å². The molecule has 1 saturated carbocycles. The maximum absolute atomic E-state index is 12.1. The number of thioether (sulfide) groups is 1. The second-order valence-electron chi connectivity index (χ2n) is 5.61. The van der Waals surface area contributed by atoms with Crippen LogP contribution in [0.3, 0.4) is 0 Å². The van der Waals surface area contributed by atoms with Crippen LogP contribution in [0.4, 0.5) is 0 Å². The van der Waals surface area contributed by atoms with Crippen LogP contribution in [0.15, 0.2) is 44.7 Å². The average molecular weight is 376 g/mol. The zero-order chi connectivity index (χ0) is 15.3. The number of rotatable bonds is 2. The van der Waals surface area contributed by atoms with E-state index in [1.807, 2.05) is 29.7 Å². The normalized spacial score (nSPS) is 24.8. The first-order valence-electron chi connectivity index (χ1n) is 7.17. The molecule has 0 bridgehead atoms. The fourth-order valence-electron chi connectivity index (χ4n) is 2.71. The second kappa shape index (κ2) is 5.28. The molecule has 6 heteroatoms. The molecule has 1 amide bonds. The van der Waals surface area contributed by atoms with Gasteiger partial charge < -0.3 is 5.32 Å². The van der Waals surface area contributed by atoms with Gasteiger partial charge >= 0.3 is 0 Å². The Morgan fingerprint density at radius 1 is 1.27 bits per heavy atom. The van der Waals surface area contributed by atoms with Crippen molar-refractivity contribution in [2.45, 2.75) is 25.3 Å². The molecule has 0 radical (unpaired) electrons. The van der Waals surface area contributed by atoms with Crippen molar-refractivity contribution < 1.29 is 4.79 Å². The van der Waals surface area contributed by atoms with E-state index in [2.05, 4.69) is 21.2 Å². The molecular formula is C16H14BrN3OS. The molecule has 1 aromatic rings. The van der Waals surface area contributed by atoms with Crippen LogP contribution in [-0.4, -0.2) is 22.7 Å². The predicted octanol–water partition coefficient (Wildman–Crippen LogP) is 3.67. The molecule has 1 aliphatic carbocycles. The first-order valence-corrected chi connectivity index (χ1v) is 8.84. The van der Waals surface area contributed by atoms with Crippen LogP contribution in [0.2, 0.25) is 0 Å². The summed E-state index contributed by atoms with van der Waals surface area (Å²) in [6.45, 7) is 0. The lowest BCUT2D eigenvalue weighted by atomic mass is 10.2. The lowest BCUT2D eigenvalue weighted by Gasteiger charge is -2.14. The Balaban J connectivity index is 1.57. The third kappa shape index (κ3) is 2.40. The molecule has 2 aliphatic heterocycles. The molecular weight excluding hydrogens is 362 g/mol. The third-order valence-electron chi connectivity index (χ3n) is 4.01. The van der Waals surface area contributed by atoms with Crippen LogP contribution >= 0.6 is 27.7 Å². The van der Waals surface area contributed by atoms with Gasteiger partial charge in [-0.25, -0.2) is 0 Å². The zero-order valence-electron chi connectivity index (χ0n) is 11.7. The lowest BCUT2D eigenvalue weighted by molar-refractivity contribution is -0.125. The number of hydrogen-bond acceptors (Lipinski definition) is 4. The minimum Gasteiger partial charge on any atom is -0.349 e. The Morgan fingerprint density at radius 2 is 2.00 bits per heavy atom. The van der Waals surface area contributed by atoms with Gasteiger partial charge in [-0.2, -0.15) is 0 Å². The lowest BCUT2D eigenvalue weighted by Crippen LogP contribution is -2.31. The van der Waals surface area contributed by atoms with Crippen molar-refractivity contribution in [2.75, 3.05) is 0 Å². The Bertz CT molecular complexity index is 734. The van der Waals surface area contributed by atoms with E-state index in [4.69, 9.17) is 5.41 Å². The first kappa shape index (κ1) is 14.1. The molecule has 2 N–H and O–H groups in total. The van der Waals surface area contributed by atoms with E-state index < -0.39 is 0 Å². The molecule has 22 heavy (non-hydrogen) atoms. The van der Waals surface area contributed by atoms with Gasteiger partial charge in [-0.3, -0.25) is 15.1 Å². The van der Waals surface area contributed by atoms with Crippen molar-refractivity contribution in [1.29, 1.82) is 5.41 Å². The number of amides is 1. The summed E-state index contributed by atoms with van der Waals surface area (Å²) in [6.07, 6.45) is 2.39. The minimum absolute atomic E-state index is 0.0643. The van der Waals surface area contributed by atoms with Gasteiger partial charge in [-0.05, 0) is 30.5 Å². The van der Waals surface area contributed by atoms with Gasteiger partial charge in [0.2, 0.25) is 5.91 Å². The number of carbonyl (C=O) groups is 1. The number of amidine groups is 1. The quantitative estimate of drug-likeness (QED) is 0.828. The summed E-state index contributed by atoms with van der Waals surface area (Å²) in [5, 5.41) is 14.6. The number of hydrogen-bond donors (Lipinski definition) is 2. The van der Waals surface area contributed by atoms with E-state index in [0.717, 1.165) is 39.2 Å². The second-order valence-corrected chi connectivity index (χ2v) is 7.40. The summed E-state index contributed by atoms with van der Waals surface area (Å²) in [5.41, 5.74) is 2.94. The highest BCUT2D eigenvalue weighted by molar-refractivity contribution is 9.10. The monoisotopic (exact) mass is 375 g/mol. The van der Waals surface area contributed by atoms with E-state index in [0.29, 0.717) is 12.3 Å². The van der Waals surface area contributed by atoms with Gasteiger partial charge in [0.25, 0.3) is 0 Å². The topological polar surface area (TPSA) is 56.2 Å². The van der Waals surface area contributed by atoms with Crippen LogP contribution < -0.4 is 5.32 Å². The van der Waals surface area contributed by atoms with Crippen molar-refractivity contribution >= 4 is 45.1 Å². The van der Waals surface area contributed by atoms with Crippen LogP contribution in [-0.2, 0) is 4.79 Å². The van der Waals surface area contributed by atoms with E-state index in [9.17, 15) is 4.79 Å². The van der Waals surface area contributed by atoms with E-state index >= 15 is 0 Å². The Labute approximate surface area is 141 Å².